The van der Waals surface area contributed by atoms with E-state index in [2.05, 4.69) is 5.10 Å². The third-order valence-corrected chi connectivity index (χ3v) is 4.62. The molecule has 150 valence electrons. The fraction of sp³-hybridized carbons (Fsp3) is 0.190. The Bertz CT molecular complexity index is 1090. The SMILES string of the molecule is CCOC(=O)c1c(O)c(-c2ccc(OC)cc2)nn(Cc2ccccc2Cl)c1=O. The van der Waals surface area contributed by atoms with Crippen LogP contribution in [0.25, 0.3) is 11.3 Å². The maximum absolute atomic E-state index is 12.9. The molecule has 0 saturated heterocycles. The first-order valence-electron chi connectivity index (χ1n) is 8.85. The van der Waals surface area contributed by atoms with Crippen molar-refractivity contribution in [3.63, 3.8) is 0 Å². The standard InChI is InChI=1S/C21H19ClN2O5/c1-3-29-21(27)17-19(25)18(13-8-10-15(28-2)11-9-13)23-24(20(17)26)12-14-6-4-5-7-16(14)22/h4-11,25H,3,12H2,1-2H3. The summed E-state index contributed by atoms with van der Waals surface area (Å²) >= 11 is 6.20. The Balaban J connectivity index is 2.19. The number of ether oxygens (including phenoxy) is 2. The summed E-state index contributed by atoms with van der Waals surface area (Å²) in [5.74, 6) is -0.836. The fourth-order valence-corrected chi connectivity index (χ4v) is 2.98. The number of rotatable bonds is 6. The van der Waals surface area contributed by atoms with Crippen molar-refractivity contribution in [1.82, 2.24) is 9.78 Å². The van der Waals surface area contributed by atoms with E-state index in [9.17, 15) is 14.7 Å². The van der Waals surface area contributed by atoms with E-state index in [4.69, 9.17) is 21.1 Å². The van der Waals surface area contributed by atoms with Crippen molar-refractivity contribution >= 4 is 17.6 Å². The van der Waals surface area contributed by atoms with Crippen LogP contribution in [0.4, 0.5) is 0 Å². The monoisotopic (exact) mass is 414 g/mol. The second kappa shape index (κ2) is 8.79. The molecule has 0 atom stereocenters. The summed E-state index contributed by atoms with van der Waals surface area (Å²) < 4.78 is 11.2. The number of aromatic hydroxyl groups is 1. The molecule has 0 saturated carbocycles. The van der Waals surface area contributed by atoms with Crippen LogP contribution < -0.4 is 10.3 Å². The van der Waals surface area contributed by atoms with Crippen LogP contribution >= 0.6 is 11.6 Å². The second-order valence-corrected chi connectivity index (χ2v) is 6.48. The fourth-order valence-electron chi connectivity index (χ4n) is 2.79. The maximum atomic E-state index is 12.9. The highest BCUT2D eigenvalue weighted by molar-refractivity contribution is 6.31. The second-order valence-electron chi connectivity index (χ2n) is 6.08. The normalized spacial score (nSPS) is 10.6. The Labute approximate surface area is 172 Å². The van der Waals surface area contributed by atoms with Crippen molar-refractivity contribution in [1.29, 1.82) is 0 Å². The van der Waals surface area contributed by atoms with E-state index in [1.54, 1.807) is 55.5 Å². The average Bonchev–Trinajstić information content (AvgIpc) is 2.72. The number of methoxy groups -OCH3 is 1. The van der Waals surface area contributed by atoms with Crippen LogP contribution in [0.15, 0.2) is 53.3 Å². The number of carbonyl (C=O) groups excluding carboxylic acids is 1. The Hall–Kier alpha value is -3.32. The molecule has 0 bridgehead atoms. The minimum Gasteiger partial charge on any atom is -0.505 e. The number of esters is 1. The number of aromatic nitrogens is 2. The third kappa shape index (κ3) is 4.25. The van der Waals surface area contributed by atoms with Gasteiger partial charge in [-0.3, -0.25) is 4.79 Å². The van der Waals surface area contributed by atoms with Crippen molar-refractivity contribution in [2.24, 2.45) is 0 Å². The van der Waals surface area contributed by atoms with Gasteiger partial charge in [0.1, 0.15) is 11.4 Å². The summed E-state index contributed by atoms with van der Waals surface area (Å²) in [5, 5.41) is 15.4. The summed E-state index contributed by atoms with van der Waals surface area (Å²) in [7, 11) is 1.54. The van der Waals surface area contributed by atoms with Gasteiger partial charge in [-0.05, 0) is 42.8 Å². The van der Waals surface area contributed by atoms with E-state index >= 15 is 0 Å². The highest BCUT2D eigenvalue weighted by Gasteiger charge is 2.25. The number of nitrogens with zero attached hydrogens (tertiary/aromatic N) is 2. The summed E-state index contributed by atoms with van der Waals surface area (Å²) in [6, 6.07) is 13.7. The molecule has 0 spiro atoms. The predicted octanol–water partition coefficient (Wildman–Crippen LogP) is 3.50. The van der Waals surface area contributed by atoms with E-state index in [-0.39, 0.29) is 18.8 Å². The summed E-state index contributed by atoms with van der Waals surface area (Å²) in [6.45, 7) is 1.69. The Morgan fingerprint density at radius 2 is 1.86 bits per heavy atom. The molecule has 1 heterocycles. The lowest BCUT2D eigenvalue weighted by molar-refractivity contribution is 0.0519. The summed E-state index contributed by atoms with van der Waals surface area (Å²) in [5.41, 5.74) is -0.0214. The van der Waals surface area contributed by atoms with Gasteiger partial charge in [-0.15, -0.1) is 0 Å². The molecule has 8 heteroatoms. The molecule has 2 aromatic carbocycles. The maximum Gasteiger partial charge on any atom is 0.347 e. The number of halogens is 1. The molecular formula is C21H19ClN2O5. The summed E-state index contributed by atoms with van der Waals surface area (Å²) in [6.07, 6.45) is 0. The highest BCUT2D eigenvalue weighted by atomic mass is 35.5. The molecule has 7 nitrogen and oxygen atoms in total. The molecule has 3 rings (SSSR count). The van der Waals surface area contributed by atoms with Crippen molar-refractivity contribution in [3.05, 3.63) is 75.0 Å². The van der Waals surface area contributed by atoms with Gasteiger partial charge in [0, 0.05) is 10.6 Å². The molecule has 0 radical (unpaired) electrons. The molecule has 1 aromatic heterocycles. The molecule has 29 heavy (non-hydrogen) atoms. The number of benzene rings is 2. The van der Waals surface area contributed by atoms with E-state index in [0.717, 1.165) is 4.68 Å². The molecule has 0 aliphatic carbocycles. The minimum absolute atomic E-state index is 0.0222. The third-order valence-electron chi connectivity index (χ3n) is 4.25. The van der Waals surface area contributed by atoms with Crippen molar-refractivity contribution in [2.45, 2.75) is 13.5 Å². The molecule has 3 aromatic rings. The zero-order valence-electron chi connectivity index (χ0n) is 15.9. The minimum atomic E-state index is -0.917. The van der Waals surface area contributed by atoms with Crippen molar-refractivity contribution in [3.8, 4) is 22.8 Å². The van der Waals surface area contributed by atoms with Gasteiger partial charge in [0.25, 0.3) is 5.56 Å². The number of carbonyl (C=O) groups is 1. The zero-order valence-corrected chi connectivity index (χ0v) is 16.6. The Kier molecular flexibility index (Phi) is 6.19. The average molecular weight is 415 g/mol. The quantitative estimate of drug-likeness (QED) is 0.621. The van der Waals surface area contributed by atoms with Crippen LogP contribution in [-0.2, 0) is 11.3 Å². The van der Waals surface area contributed by atoms with Gasteiger partial charge in [0.15, 0.2) is 11.3 Å². The molecule has 0 aliphatic rings. The first-order valence-corrected chi connectivity index (χ1v) is 9.23. The van der Waals surface area contributed by atoms with E-state index in [1.807, 2.05) is 0 Å². The Morgan fingerprint density at radius 3 is 2.48 bits per heavy atom. The first-order chi connectivity index (χ1) is 14.0. The zero-order chi connectivity index (χ0) is 21.0. The molecule has 0 fully saturated rings. The molecular weight excluding hydrogens is 396 g/mol. The van der Waals surface area contributed by atoms with Gasteiger partial charge in [-0.1, -0.05) is 29.8 Å². The Morgan fingerprint density at radius 1 is 1.17 bits per heavy atom. The van der Waals surface area contributed by atoms with Gasteiger partial charge in [-0.2, -0.15) is 5.10 Å². The molecule has 0 aliphatic heterocycles. The van der Waals surface area contributed by atoms with E-state index in [1.165, 1.54) is 7.11 Å². The van der Waals surface area contributed by atoms with Gasteiger partial charge < -0.3 is 14.6 Å². The van der Waals surface area contributed by atoms with Gasteiger partial charge in [-0.25, -0.2) is 9.48 Å². The largest absolute Gasteiger partial charge is 0.505 e. The van der Waals surface area contributed by atoms with Gasteiger partial charge in [0.05, 0.1) is 20.3 Å². The van der Waals surface area contributed by atoms with Crippen LogP contribution in [0.1, 0.15) is 22.8 Å². The lowest BCUT2D eigenvalue weighted by Gasteiger charge is -2.14. The summed E-state index contributed by atoms with van der Waals surface area (Å²) in [4.78, 5) is 25.3. The number of hydrogen-bond acceptors (Lipinski definition) is 6. The topological polar surface area (TPSA) is 90.7 Å². The van der Waals surface area contributed by atoms with Gasteiger partial charge in [0.2, 0.25) is 0 Å². The smallest absolute Gasteiger partial charge is 0.347 e. The highest BCUT2D eigenvalue weighted by Crippen LogP contribution is 2.30. The lowest BCUT2D eigenvalue weighted by Crippen LogP contribution is -2.30. The van der Waals surface area contributed by atoms with Crippen LogP contribution in [-0.4, -0.2) is 34.6 Å². The van der Waals surface area contributed by atoms with Crippen molar-refractivity contribution < 1.29 is 19.4 Å². The van der Waals surface area contributed by atoms with Crippen LogP contribution in [0.5, 0.6) is 11.5 Å². The molecule has 0 unspecified atom stereocenters. The van der Waals surface area contributed by atoms with E-state index < -0.39 is 22.8 Å². The predicted molar refractivity (Wildman–Crippen MR) is 109 cm³/mol. The number of hydrogen-bond donors (Lipinski definition) is 1. The van der Waals surface area contributed by atoms with Gasteiger partial charge >= 0.3 is 5.97 Å². The lowest BCUT2D eigenvalue weighted by atomic mass is 10.1. The van der Waals surface area contributed by atoms with Crippen LogP contribution in [0.3, 0.4) is 0 Å². The van der Waals surface area contributed by atoms with Crippen LogP contribution in [0.2, 0.25) is 5.02 Å². The van der Waals surface area contributed by atoms with Crippen molar-refractivity contribution in [2.75, 3.05) is 13.7 Å². The first kappa shape index (κ1) is 20.4. The van der Waals surface area contributed by atoms with Crippen LogP contribution in [0, 0.1) is 0 Å². The molecule has 0 amide bonds. The van der Waals surface area contributed by atoms with E-state index in [0.29, 0.717) is 21.9 Å². The molecule has 1 N–H and O–H groups in total.